The van der Waals surface area contributed by atoms with Crippen LogP contribution in [0.1, 0.15) is 24.8 Å². The van der Waals surface area contributed by atoms with E-state index in [1.807, 2.05) is 6.07 Å². The molecule has 0 bridgehead atoms. The van der Waals surface area contributed by atoms with Gasteiger partial charge in [0.2, 0.25) is 0 Å². The SMILES string of the molecule is FC(F)Oc1ccc(CNC2CCC2)cc1Br. The first kappa shape index (κ1) is 12.8. The Morgan fingerprint density at radius 1 is 1.41 bits per heavy atom. The maximum Gasteiger partial charge on any atom is 0.387 e. The lowest BCUT2D eigenvalue weighted by atomic mass is 9.93. The molecule has 2 rings (SSSR count). The van der Waals surface area contributed by atoms with Crippen molar-refractivity contribution in [2.45, 2.75) is 38.5 Å². The van der Waals surface area contributed by atoms with Gasteiger partial charge in [-0.3, -0.25) is 0 Å². The van der Waals surface area contributed by atoms with Gasteiger partial charge in [0.05, 0.1) is 4.47 Å². The minimum Gasteiger partial charge on any atom is -0.434 e. The maximum absolute atomic E-state index is 12.1. The Morgan fingerprint density at radius 3 is 2.71 bits per heavy atom. The van der Waals surface area contributed by atoms with E-state index in [0.29, 0.717) is 10.5 Å². The van der Waals surface area contributed by atoms with Crippen molar-refractivity contribution in [3.8, 4) is 5.75 Å². The first-order valence-electron chi connectivity index (χ1n) is 5.62. The Bertz CT molecular complexity index is 383. The molecule has 0 unspecified atom stereocenters. The number of halogens is 3. The molecule has 17 heavy (non-hydrogen) atoms. The predicted molar refractivity (Wildman–Crippen MR) is 65.3 cm³/mol. The van der Waals surface area contributed by atoms with E-state index in [0.717, 1.165) is 12.1 Å². The summed E-state index contributed by atoms with van der Waals surface area (Å²) < 4.78 is 29.0. The molecule has 0 saturated heterocycles. The molecule has 5 heteroatoms. The van der Waals surface area contributed by atoms with E-state index in [1.165, 1.54) is 19.3 Å². The van der Waals surface area contributed by atoms with Crippen LogP contribution in [0.15, 0.2) is 22.7 Å². The van der Waals surface area contributed by atoms with E-state index < -0.39 is 6.61 Å². The Labute approximate surface area is 107 Å². The molecule has 1 N–H and O–H groups in total. The molecule has 0 spiro atoms. The third-order valence-electron chi connectivity index (χ3n) is 2.91. The number of hydrogen-bond donors (Lipinski definition) is 1. The summed E-state index contributed by atoms with van der Waals surface area (Å²) in [6.45, 7) is -2.02. The van der Waals surface area contributed by atoms with Crippen molar-refractivity contribution < 1.29 is 13.5 Å². The van der Waals surface area contributed by atoms with Crippen molar-refractivity contribution in [1.82, 2.24) is 5.32 Å². The van der Waals surface area contributed by atoms with Gasteiger partial charge in [-0.05, 0) is 46.5 Å². The van der Waals surface area contributed by atoms with Crippen LogP contribution in [0.2, 0.25) is 0 Å². The molecular weight excluding hydrogens is 292 g/mol. The average molecular weight is 306 g/mol. The van der Waals surface area contributed by atoms with Crippen LogP contribution in [-0.2, 0) is 6.54 Å². The van der Waals surface area contributed by atoms with Crippen LogP contribution in [0, 0.1) is 0 Å². The third-order valence-corrected chi connectivity index (χ3v) is 3.53. The monoisotopic (exact) mass is 305 g/mol. The standard InChI is InChI=1S/C12H14BrF2NO/c13-10-6-8(7-16-9-2-1-3-9)4-5-11(10)17-12(14)15/h4-6,9,12,16H,1-3,7H2. The zero-order valence-corrected chi connectivity index (χ0v) is 10.8. The highest BCUT2D eigenvalue weighted by Crippen LogP contribution is 2.27. The number of alkyl halides is 2. The quantitative estimate of drug-likeness (QED) is 0.896. The summed E-state index contributed by atoms with van der Waals surface area (Å²) in [5.74, 6) is 0.174. The molecular formula is C12H14BrF2NO. The first-order valence-corrected chi connectivity index (χ1v) is 6.41. The summed E-state index contributed by atoms with van der Waals surface area (Å²) in [6, 6.07) is 5.79. The van der Waals surface area contributed by atoms with Crippen molar-refractivity contribution in [3.05, 3.63) is 28.2 Å². The van der Waals surface area contributed by atoms with Gasteiger partial charge in [-0.1, -0.05) is 12.5 Å². The van der Waals surface area contributed by atoms with Gasteiger partial charge in [0, 0.05) is 12.6 Å². The van der Waals surface area contributed by atoms with E-state index in [4.69, 9.17) is 0 Å². The molecule has 1 aromatic carbocycles. The molecule has 1 aliphatic carbocycles. The molecule has 0 atom stereocenters. The molecule has 0 amide bonds. The molecule has 0 radical (unpaired) electrons. The van der Waals surface area contributed by atoms with Gasteiger partial charge in [0.1, 0.15) is 5.75 Å². The molecule has 0 aliphatic heterocycles. The minimum atomic E-state index is -2.79. The van der Waals surface area contributed by atoms with Crippen LogP contribution in [0.5, 0.6) is 5.75 Å². The van der Waals surface area contributed by atoms with Crippen LogP contribution < -0.4 is 10.1 Å². The minimum absolute atomic E-state index is 0.174. The molecule has 2 nitrogen and oxygen atoms in total. The highest BCUT2D eigenvalue weighted by atomic mass is 79.9. The van der Waals surface area contributed by atoms with E-state index in [9.17, 15) is 8.78 Å². The Kier molecular flexibility index (Phi) is 4.34. The molecule has 1 aromatic rings. The summed E-state index contributed by atoms with van der Waals surface area (Å²) in [6.07, 6.45) is 3.75. The fourth-order valence-electron chi connectivity index (χ4n) is 1.72. The van der Waals surface area contributed by atoms with E-state index >= 15 is 0 Å². The summed E-state index contributed by atoms with van der Waals surface area (Å²) in [5, 5.41) is 3.41. The van der Waals surface area contributed by atoms with Crippen molar-refractivity contribution >= 4 is 15.9 Å². The van der Waals surface area contributed by atoms with E-state index in [2.05, 4.69) is 26.0 Å². The second-order valence-corrected chi connectivity index (χ2v) is 5.01. The van der Waals surface area contributed by atoms with Crippen LogP contribution in [0.25, 0.3) is 0 Å². The van der Waals surface area contributed by atoms with Crippen molar-refractivity contribution in [2.75, 3.05) is 0 Å². The molecule has 0 aromatic heterocycles. The lowest BCUT2D eigenvalue weighted by Crippen LogP contribution is -2.34. The van der Waals surface area contributed by atoms with Gasteiger partial charge in [0.15, 0.2) is 0 Å². The summed E-state index contributed by atoms with van der Waals surface area (Å²) in [5.41, 5.74) is 1.06. The summed E-state index contributed by atoms with van der Waals surface area (Å²) >= 11 is 3.23. The van der Waals surface area contributed by atoms with Gasteiger partial charge in [-0.15, -0.1) is 0 Å². The van der Waals surface area contributed by atoms with Gasteiger partial charge in [0.25, 0.3) is 0 Å². The van der Waals surface area contributed by atoms with E-state index in [-0.39, 0.29) is 5.75 Å². The van der Waals surface area contributed by atoms with Crippen LogP contribution in [0.3, 0.4) is 0 Å². The number of rotatable bonds is 5. The largest absolute Gasteiger partial charge is 0.434 e. The van der Waals surface area contributed by atoms with Gasteiger partial charge >= 0.3 is 6.61 Å². The second-order valence-electron chi connectivity index (χ2n) is 4.15. The number of nitrogens with one attached hydrogen (secondary N) is 1. The molecule has 0 heterocycles. The summed E-state index contributed by atoms with van der Waals surface area (Å²) in [4.78, 5) is 0. The Hall–Kier alpha value is -0.680. The van der Waals surface area contributed by atoms with Crippen LogP contribution in [-0.4, -0.2) is 12.7 Å². The molecule has 1 aliphatic rings. The topological polar surface area (TPSA) is 21.3 Å². The zero-order chi connectivity index (χ0) is 12.3. The van der Waals surface area contributed by atoms with E-state index in [1.54, 1.807) is 12.1 Å². The predicted octanol–water partition coefficient (Wildman–Crippen LogP) is 3.69. The fraction of sp³-hybridized carbons (Fsp3) is 0.500. The highest BCUT2D eigenvalue weighted by Gasteiger charge is 2.16. The lowest BCUT2D eigenvalue weighted by Gasteiger charge is -2.26. The highest BCUT2D eigenvalue weighted by molar-refractivity contribution is 9.10. The first-order chi connectivity index (χ1) is 8.15. The lowest BCUT2D eigenvalue weighted by molar-refractivity contribution is -0.0503. The number of benzene rings is 1. The van der Waals surface area contributed by atoms with Crippen LogP contribution >= 0.6 is 15.9 Å². The fourth-order valence-corrected chi connectivity index (χ4v) is 2.24. The zero-order valence-electron chi connectivity index (χ0n) is 9.26. The van der Waals surface area contributed by atoms with Gasteiger partial charge < -0.3 is 10.1 Å². The van der Waals surface area contributed by atoms with Gasteiger partial charge in [-0.25, -0.2) is 0 Å². The van der Waals surface area contributed by atoms with Crippen molar-refractivity contribution in [3.63, 3.8) is 0 Å². The molecule has 1 fully saturated rings. The van der Waals surface area contributed by atoms with Gasteiger partial charge in [-0.2, -0.15) is 8.78 Å². The average Bonchev–Trinajstić information content (AvgIpc) is 2.19. The second kappa shape index (κ2) is 5.78. The smallest absolute Gasteiger partial charge is 0.387 e. The van der Waals surface area contributed by atoms with Crippen molar-refractivity contribution in [1.29, 1.82) is 0 Å². The Balaban J connectivity index is 1.92. The molecule has 94 valence electrons. The number of hydrogen-bond acceptors (Lipinski definition) is 2. The Morgan fingerprint density at radius 2 is 2.18 bits per heavy atom. The third kappa shape index (κ3) is 3.64. The maximum atomic E-state index is 12.1. The molecule has 1 saturated carbocycles. The van der Waals surface area contributed by atoms with Crippen LogP contribution in [0.4, 0.5) is 8.78 Å². The number of ether oxygens (including phenoxy) is 1. The normalized spacial score (nSPS) is 16.0. The summed E-state index contributed by atoms with van der Waals surface area (Å²) in [7, 11) is 0. The van der Waals surface area contributed by atoms with Crippen molar-refractivity contribution in [2.24, 2.45) is 0 Å².